The second kappa shape index (κ2) is 8.34. The zero-order valence-corrected chi connectivity index (χ0v) is 10.7. The molecule has 1 rings (SSSR count). The third kappa shape index (κ3) is 5.99. The molecule has 0 aliphatic rings. The fourth-order valence-corrected chi connectivity index (χ4v) is 1.45. The van der Waals surface area contributed by atoms with Crippen LogP contribution in [0.5, 0.6) is 0 Å². The van der Waals surface area contributed by atoms with Crippen LogP contribution in [-0.2, 0) is 26.2 Å². The average Bonchev–Trinajstić information content (AvgIpc) is 1.87. The van der Waals surface area contributed by atoms with E-state index < -0.39 is 0 Å². The van der Waals surface area contributed by atoms with E-state index in [1.54, 1.807) is 0 Å². The van der Waals surface area contributed by atoms with Crippen molar-refractivity contribution in [2.75, 3.05) is 0 Å². The van der Waals surface area contributed by atoms with Crippen molar-refractivity contribution in [3.8, 4) is 0 Å². The van der Waals surface area contributed by atoms with E-state index in [2.05, 4.69) is 26.0 Å². The van der Waals surface area contributed by atoms with E-state index in [1.165, 1.54) is 18.8 Å². The summed E-state index contributed by atoms with van der Waals surface area (Å²) in [6, 6.07) is 4.33. The van der Waals surface area contributed by atoms with E-state index in [1.807, 2.05) is 0 Å². The molecule has 0 N–H and O–H groups in total. The predicted octanol–water partition coefficient (Wildman–Crippen LogP) is -3.39. The maximum atomic E-state index is 2.16. The van der Waals surface area contributed by atoms with Crippen LogP contribution < -0.4 is 24.8 Å². The molecule has 1 aromatic rings. The van der Waals surface area contributed by atoms with Gasteiger partial charge >= 0.3 is 26.2 Å². The Bertz CT molecular complexity index is 148. The second-order valence-electron chi connectivity index (χ2n) is 1.73. The Morgan fingerprint density at radius 3 is 2.00 bits per heavy atom. The Balaban J connectivity index is -0.000000163. The molecule has 0 fully saturated rings. The first-order valence-corrected chi connectivity index (χ1v) is 3.25. The largest absolute Gasteiger partial charge is 3.00 e. The first-order valence-electron chi connectivity index (χ1n) is 2.36. The van der Waals surface area contributed by atoms with Crippen LogP contribution in [0, 0.1) is 13.8 Å². The van der Waals surface area contributed by atoms with Gasteiger partial charge in [-0.15, -0.1) is 5.30 Å². The molecule has 0 atom stereocenters. The summed E-state index contributed by atoms with van der Waals surface area (Å²) in [6.07, 6.45) is 0. The molecule has 1 radical (unpaired) electrons. The summed E-state index contributed by atoms with van der Waals surface area (Å²) >= 11 is 0. The van der Waals surface area contributed by atoms with Crippen LogP contribution >= 0.6 is 8.19 Å². The minimum atomic E-state index is 0. The molecule has 10 heavy (non-hydrogen) atoms. The van der Waals surface area contributed by atoms with E-state index >= 15 is 0 Å². The van der Waals surface area contributed by atoms with Gasteiger partial charge < -0.3 is 24.8 Å². The zero-order chi connectivity index (χ0) is 5.28. The average molecular weight is 273 g/mol. The van der Waals surface area contributed by atoms with Gasteiger partial charge in [0.25, 0.3) is 0 Å². The fourth-order valence-electron chi connectivity index (χ4n) is 0.594. The summed E-state index contributed by atoms with van der Waals surface area (Å²) in [5.74, 6) is 0. The van der Waals surface area contributed by atoms with Crippen molar-refractivity contribution in [1.29, 1.82) is 0 Å². The minimum absolute atomic E-state index is 0. The Hall–Kier alpha value is 1.24. The van der Waals surface area contributed by atoms with Crippen molar-refractivity contribution in [3.05, 3.63) is 22.7 Å². The molecule has 0 nitrogen and oxygen atoms in total. The molecule has 0 aliphatic carbocycles. The van der Waals surface area contributed by atoms with E-state index in [9.17, 15) is 0 Å². The molecule has 0 saturated carbocycles. The van der Waals surface area contributed by atoms with Gasteiger partial charge in [-0.05, 0) is 0 Å². The first kappa shape index (κ1) is 17.4. The number of aryl methyl sites for hydroxylation is 2. The molecular weight excluding hydrogens is 265 g/mol. The molecule has 0 saturated heterocycles. The van der Waals surface area contributed by atoms with Gasteiger partial charge in [0.15, 0.2) is 0 Å². The van der Waals surface area contributed by atoms with Gasteiger partial charge in [0.05, 0.1) is 0 Å². The number of rotatable bonds is 0. The maximum absolute atomic E-state index is 2.16. The van der Waals surface area contributed by atoms with Crippen molar-refractivity contribution in [1.82, 2.24) is 0 Å². The summed E-state index contributed by atoms with van der Waals surface area (Å²) in [6.45, 7) is 4.29. The van der Waals surface area contributed by atoms with Crippen molar-refractivity contribution in [2.45, 2.75) is 13.8 Å². The summed E-state index contributed by atoms with van der Waals surface area (Å²) in [5, 5.41) is 2.91. The topological polar surface area (TPSA) is 0 Å². The molecule has 0 aromatic carbocycles. The molecule has 55 valence electrons. The van der Waals surface area contributed by atoms with Crippen LogP contribution in [0.1, 0.15) is 10.6 Å². The molecule has 0 bridgehead atoms. The Kier molecular flexibility index (Phi) is 14.5. The molecule has 1 aromatic heterocycles. The van der Waals surface area contributed by atoms with E-state index in [-0.39, 0.29) is 51.0 Å². The second-order valence-corrected chi connectivity index (χ2v) is 3.36. The summed E-state index contributed by atoms with van der Waals surface area (Å²) < 4.78 is 0. The normalized spacial score (nSPS) is 7.40. The molecule has 1 heterocycles. The molecule has 0 unspecified atom stereocenters. The van der Waals surface area contributed by atoms with E-state index in [0.717, 1.165) is 0 Å². The van der Waals surface area contributed by atoms with Crippen molar-refractivity contribution in [3.63, 3.8) is 0 Å². The van der Waals surface area contributed by atoms with Crippen molar-refractivity contribution < 1.29 is 51.0 Å². The maximum Gasteiger partial charge on any atom is 3.00 e. The molecule has 0 amide bonds. The Morgan fingerprint density at radius 2 is 1.90 bits per heavy atom. The van der Waals surface area contributed by atoms with Crippen LogP contribution in [0.25, 0.3) is 0 Å². The van der Waals surface area contributed by atoms with E-state index in [4.69, 9.17) is 0 Å². The van der Waals surface area contributed by atoms with Gasteiger partial charge in [-0.25, -0.2) is 14.3 Å². The van der Waals surface area contributed by atoms with Gasteiger partial charge in [-0.2, -0.15) is 11.4 Å². The van der Waals surface area contributed by atoms with Crippen molar-refractivity contribution in [2.24, 2.45) is 0 Å². The number of hydrogen-bond donors (Lipinski definition) is 0. The first-order chi connectivity index (χ1) is 3.29. The summed E-state index contributed by atoms with van der Waals surface area (Å²) in [7, 11) is 1.41. The third-order valence-electron chi connectivity index (χ3n) is 0.918. The van der Waals surface area contributed by atoms with Gasteiger partial charge in [0.1, 0.15) is 0 Å². The number of hydrogen-bond acceptors (Lipinski definition) is 0. The monoisotopic (exact) mass is 271 g/mol. The summed E-state index contributed by atoms with van der Waals surface area (Å²) in [4.78, 5) is 0. The summed E-state index contributed by atoms with van der Waals surface area (Å²) in [5.41, 5.74) is 0. The van der Waals surface area contributed by atoms with Gasteiger partial charge in [-0.3, -0.25) is 0 Å². The molecule has 0 spiro atoms. The molecular formula is C6H8Cl2PZr. The van der Waals surface area contributed by atoms with E-state index in [0.29, 0.717) is 0 Å². The molecule has 4 heteroatoms. The smallest absolute Gasteiger partial charge is 1.00 e. The van der Waals surface area contributed by atoms with Gasteiger partial charge in [0.2, 0.25) is 0 Å². The Morgan fingerprint density at radius 1 is 1.40 bits per heavy atom. The van der Waals surface area contributed by atoms with Crippen LogP contribution in [0.3, 0.4) is 0 Å². The Labute approximate surface area is 95.2 Å². The molecule has 0 aliphatic heterocycles. The third-order valence-corrected chi connectivity index (χ3v) is 1.92. The van der Waals surface area contributed by atoms with Crippen LogP contribution in [0.2, 0.25) is 0 Å². The standard InChI is InChI=1S/C6H8P.2ClH.Zr/c1-5-3-4-6(2)7-5;;;/h3-4H,1-2H3;2*1H;/q-1;;;+3/p-2. The fraction of sp³-hybridized carbons (Fsp3) is 0.333. The SMILES string of the molecule is Cc1cc[c-](C)p1.[Cl-].[Cl-].[Zr+3]. The minimum Gasteiger partial charge on any atom is -1.00 e. The van der Waals surface area contributed by atoms with Crippen molar-refractivity contribution >= 4 is 8.19 Å². The predicted molar refractivity (Wildman–Crippen MR) is 34.0 cm³/mol. The zero-order valence-electron chi connectivity index (χ0n) is 5.86. The van der Waals surface area contributed by atoms with Crippen LogP contribution in [0.15, 0.2) is 12.1 Å². The van der Waals surface area contributed by atoms with Crippen LogP contribution in [-0.4, -0.2) is 0 Å². The quantitative estimate of drug-likeness (QED) is 0.433. The van der Waals surface area contributed by atoms with Gasteiger partial charge in [-0.1, -0.05) is 13.8 Å². The number of halogens is 2. The van der Waals surface area contributed by atoms with Crippen LogP contribution in [0.4, 0.5) is 0 Å². The van der Waals surface area contributed by atoms with Gasteiger partial charge in [0, 0.05) is 0 Å².